The number of aryl methyl sites for hydroxylation is 1. The summed E-state index contributed by atoms with van der Waals surface area (Å²) in [6.45, 7) is -0.751. The molecular formula is C17H19F2N3O2. The summed E-state index contributed by atoms with van der Waals surface area (Å²) in [7, 11) is 3.09. The molecule has 2 rings (SSSR count). The first-order valence-electron chi connectivity index (χ1n) is 7.30. The van der Waals surface area contributed by atoms with E-state index < -0.39 is 6.55 Å². The third-order valence-corrected chi connectivity index (χ3v) is 3.50. The summed E-state index contributed by atoms with van der Waals surface area (Å²) in [4.78, 5) is 17.4. The van der Waals surface area contributed by atoms with E-state index in [0.29, 0.717) is 5.75 Å². The number of likely N-dealkylation sites (N-methyl/N-ethyl adjacent to an activating group) is 1. The van der Waals surface area contributed by atoms with Gasteiger partial charge in [-0.25, -0.2) is 4.98 Å². The van der Waals surface area contributed by atoms with Crippen LogP contribution in [0.5, 0.6) is 5.75 Å². The Hall–Kier alpha value is -2.70. The first kappa shape index (κ1) is 17.7. The van der Waals surface area contributed by atoms with E-state index >= 15 is 0 Å². The van der Waals surface area contributed by atoms with Crippen LogP contribution in [0, 0.1) is 6.92 Å². The normalized spacial score (nSPS) is 11.2. The first-order chi connectivity index (χ1) is 11.4. The molecule has 0 radical (unpaired) electrons. The molecule has 0 spiro atoms. The number of carbonyl (C=O) groups is 1. The number of halogens is 2. The Morgan fingerprint density at radius 1 is 1.46 bits per heavy atom. The van der Waals surface area contributed by atoms with Crippen molar-refractivity contribution in [1.29, 1.82) is 0 Å². The van der Waals surface area contributed by atoms with Gasteiger partial charge in [0.25, 0.3) is 0 Å². The molecule has 0 saturated heterocycles. The van der Waals surface area contributed by atoms with Gasteiger partial charge >= 0.3 is 6.55 Å². The molecule has 0 aliphatic carbocycles. The second-order valence-electron chi connectivity index (χ2n) is 5.30. The molecule has 2 aromatic rings. The van der Waals surface area contributed by atoms with E-state index in [4.69, 9.17) is 4.74 Å². The van der Waals surface area contributed by atoms with Crippen molar-refractivity contribution in [2.75, 3.05) is 14.2 Å². The van der Waals surface area contributed by atoms with Crippen LogP contribution in [0.3, 0.4) is 0 Å². The molecule has 1 aromatic heterocycles. The molecule has 0 fully saturated rings. The highest BCUT2D eigenvalue weighted by Crippen LogP contribution is 2.21. The van der Waals surface area contributed by atoms with Gasteiger partial charge in [-0.2, -0.15) is 8.78 Å². The minimum atomic E-state index is -2.68. The zero-order chi connectivity index (χ0) is 17.7. The van der Waals surface area contributed by atoms with Crippen LogP contribution >= 0.6 is 0 Å². The van der Waals surface area contributed by atoms with Crippen molar-refractivity contribution in [1.82, 2.24) is 14.5 Å². The highest BCUT2D eigenvalue weighted by atomic mass is 19.3. The number of aromatic nitrogens is 2. The number of carbonyl (C=O) groups excluding carboxylic acids is 1. The van der Waals surface area contributed by atoms with Gasteiger partial charge in [0.15, 0.2) is 0 Å². The van der Waals surface area contributed by atoms with Crippen LogP contribution in [0.2, 0.25) is 0 Å². The molecule has 0 bridgehead atoms. The van der Waals surface area contributed by atoms with Crippen LogP contribution in [0.1, 0.15) is 23.5 Å². The molecule has 1 amide bonds. The molecular weight excluding hydrogens is 316 g/mol. The monoisotopic (exact) mass is 335 g/mol. The Bertz CT molecular complexity index is 741. The first-order valence-corrected chi connectivity index (χ1v) is 7.30. The number of ether oxygens (including phenoxy) is 1. The van der Waals surface area contributed by atoms with Gasteiger partial charge in [-0.3, -0.25) is 9.36 Å². The van der Waals surface area contributed by atoms with Gasteiger partial charge in [0, 0.05) is 31.1 Å². The van der Waals surface area contributed by atoms with Crippen LogP contribution in [-0.4, -0.2) is 34.5 Å². The van der Waals surface area contributed by atoms with E-state index in [9.17, 15) is 13.6 Å². The van der Waals surface area contributed by atoms with E-state index in [1.807, 2.05) is 25.1 Å². The summed E-state index contributed by atoms with van der Waals surface area (Å²) in [6, 6.07) is 5.63. The molecule has 0 aliphatic heterocycles. The van der Waals surface area contributed by atoms with Crippen LogP contribution in [0.15, 0.2) is 36.7 Å². The van der Waals surface area contributed by atoms with E-state index in [-0.39, 0.29) is 18.3 Å². The largest absolute Gasteiger partial charge is 0.496 e. The Morgan fingerprint density at radius 2 is 2.21 bits per heavy atom. The third kappa shape index (κ3) is 4.18. The number of imidazole rings is 1. The van der Waals surface area contributed by atoms with Crippen molar-refractivity contribution in [2.24, 2.45) is 0 Å². The van der Waals surface area contributed by atoms with Gasteiger partial charge < -0.3 is 9.64 Å². The Balaban J connectivity index is 2.09. The quantitative estimate of drug-likeness (QED) is 0.761. The van der Waals surface area contributed by atoms with E-state index in [2.05, 4.69) is 4.98 Å². The lowest BCUT2D eigenvalue weighted by Crippen LogP contribution is -2.26. The maximum atomic E-state index is 12.8. The third-order valence-electron chi connectivity index (χ3n) is 3.50. The van der Waals surface area contributed by atoms with Crippen LogP contribution in [-0.2, 0) is 11.3 Å². The molecule has 0 unspecified atom stereocenters. The molecule has 0 saturated carbocycles. The molecule has 1 heterocycles. The predicted molar refractivity (Wildman–Crippen MR) is 86.7 cm³/mol. The number of hydrogen-bond donors (Lipinski definition) is 0. The van der Waals surface area contributed by atoms with Crippen molar-refractivity contribution >= 4 is 12.0 Å². The van der Waals surface area contributed by atoms with Gasteiger partial charge in [0.1, 0.15) is 11.6 Å². The summed E-state index contributed by atoms with van der Waals surface area (Å²) in [5.74, 6) is 0.463. The van der Waals surface area contributed by atoms with Gasteiger partial charge in [-0.05, 0) is 25.1 Å². The number of amides is 1. The van der Waals surface area contributed by atoms with Gasteiger partial charge in [0.05, 0.1) is 13.7 Å². The van der Waals surface area contributed by atoms with Gasteiger partial charge in [0.2, 0.25) is 5.91 Å². The zero-order valence-corrected chi connectivity index (χ0v) is 13.7. The fourth-order valence-corrected chi connectivity index (χ4v) is 2.21. The molecule has 24 heavy (non-hydrogen) atoms. The lowest BCUT2D eigenvalue weighted by atomic mass is 10.1. The number of rotatable bonds is 6. The fraction of sp³-hybridized carbons (Fsp3) is 0.294. The lowest BCUT2D eigenvalue weighted by Gasteiger charge is -2.15. The minimum absolute atomic E-state index is 0.00847. The number of alkyl halides is 2. The molecule has 0 N–H and O–H groups in total. The number of methoxy groups -OCH3 is 1. The Labute approximate surface area is 139 Å². The number of benzene rings is 1. The SMILES string of the molecule is COc1ccc(C)cc1/C=C/C(=O)N(C)Cc1nccn1C(F)F. The number of nitrogens with zero attached hydrogens (tertiary/aromatic N) is 3. The summed E-state index contributed by atoms with van der Waals surface area (Å²) in [5.41, 5.74) is 1.81. The Kier molecular flexibility index (Phi) is 5.68. The maximum Gasteiger partial charge on any atom is 0.319 e. The van der Waals surface area contributed by atoms with Gasteiger partial charge in [-0.15, -0.1) is 0 Å². The Morgan fingerprint density at radius 3 is 2.88 bits per heavy atom. The number of hydrogen-bond acceptors (Lipinski definition) is 3. The zero-order valence-electron chi connectivity index (χ0n) is 13.7. The van der Waals surface area contributed by atoms with Crippen molar-refractivity contribution in [3.63, 3.8) is 0 Å². The second-order valence-corrected chi connectivity index (χ2v) is 5.30. The summed E-state index contributed by atoms with van der Waals surface area (Å²) in [5, 5.41) is 0. The minimum Gasteiger partial charge on any atom is -0.496 e. The van der Waals surface area contributed by atoms with Crippen LogP contribution in [0.4, 0.5) is 8.78 Å². The molecule has 5 nitrogen and oxygen atoms in total. The van der Waals surface area contributed by atoms with Crippen molar-refractivity contribution < 1.29 is 18.3 Å². The van der Waals surface area contributed by atoms with E-state index in [0.717, 1.165) is 15.7 Å². The fourth-order valence-electron chi connectivity index (χ4n) is 2.21. The van der Waals surface area contributed by atoms with Crippen molar-refractivity contribution in [3.05, 3.63) is 53.6 Å². The molecule has 128 valence electrons. The van der Waals surface area contributed by atoms with Gasteiger partial charge in [-0.1, -0.05) is 11.6 Å². The average molecular weight is 335 g/mol. The topological polar surface area (TPSA) is 47.4 Å². The second kappa shape index (κ2) is 7.72. The van der Waals surface area contributed by atoms with Crippen LogP contribution < -0.4 is 4.74 Å². The predicted octanol–water partition coefficient (Wildman–Crippen LogP) is 3.27. The lowest BCUT2D eigenvalue weighted by molar-refractivity contribution is -0.125. The summed E-state index contributed by atoms with van der Waals surface area (Å²) < 4.78 is 31.6. The standard InChI is InChI=1S/C17H19F2N3O2/c1-12-4-6-14(24-3)13(10-12)5-7-16(23)21(2)11-15-20-8-9-22(15)17(18)19/h4-10,17H,11H2,1-3H3/b7-5+. The summed E-state index contributed by atoms with van der Waals surface area (Å²) >= 11 is 0. The highest BCUT2D eigenvalue weighted by molar-refractivity contribution is 5.92. The highest BCUT2D eigenvalue weighted by Gasteiger charge is 2.15. The van der Waals surface area contributed by atoms with E-state index in [1.165, 1.54) is 30.4 Å². The maximum absolute atomic E-state index is 12.8. The van der Waals surface area contributed by atoms with E-state index in [1.54, 1.807) is 13.2 Å². The van der Waals surface area contributed by atoms with Crippen molar-refractivity contribution in [3.8, 4) is 5.75 Å². The van der Waals surface area contributed by atoms with Crippen LogP contribution in [0.25, 0.3) is 6.08 Å². The smallest absolute Gasteiger partial charge is 0.319 e. The summed E-state index contributed by atoms with van der Waals surface area (Å²) in [6.07, 6.45) is 5.50. The van der Waals surface area contributed by atoms with Crippen molar-refractivity contribution in [2.45, 2.75) is 20.0 Å². The molecule has 0 atom stereocenters. The molecule has 7 heteroatoms. The molecule has 1 aromatic carbocycles. The molecule has 0 aliphatic rings. The average Bonchev–Trinajstić information content (AvgIpc) is 3.01.